The van der Waals surface area contributed by atoms with Crippen molar-refractivity contribution in [3.8, 4) is 11.4 Å². The Morgan fingerprint density at radius 3 is 2.48 bits per heavy atom. The second-order valence-corrected chi connectivity index (χ2v) is 6.58. The van der Waals surface area contributed by atoms with E-state index in [-0.39, 0.29) is 6.10 Å². The van der Waals surface area contributed by atoms with Gasteiger partial charge in [0.25, 0.3) is 0 Å². The Labute approximate surface area is 152 Å². The SMILES string of the molecule is CCC(CC)Oc1ccc(-n2nc(C)cc2CN(C)CCNC)cc1. The van der Waals surface area contributed by atoms with Crippen LogP contribution in [0.25, 0.3) is 5.69 Å². The van der Waals surface area contributed by atoms with Gasteiger partial charge in [0, 0.05) is 19.6 Å². The summed E-state index contributed by atoms with van der Waals surface area (Å²) in [7, 11) is 4.12. The quantitative estimate of drug-likeness (QED) is 0.717. The third-order valence-electron chi connectivity index (χ3n) is 4.38. The van der Waals surface area contributed by atoms with Crippen LogP contribution in [0.4, 0.5) is 0 Å². The summed E-state index contributed by atoms with van der Waals surface area (Å²) in [5.74, 6) is 0.925. The van der Waals surface area contributed by atoms with E-state index >= 15 is 0 Å². The molecule has 0 saturated carbocycles. The summed E-state index contributed by atoms with van der Waals surface area (Å²) in [6.45, 7) is 9.21. The van der Waals surface area contributed by atoms with Crippen molar-refractivity contribution in [1.29, 1.82) is 0 Å². The minimum Gasteiger partial charge on any atom is -0.490 e. The van der Waals surface area contributed by atoms with Crippen molar-refractivity contribution in [3.05, 3.63) is 41.7 Å². The van der Waals surface area contributed by atoms with Crippen molar-refractivity contribution in [2.75, 3.05) is 27.2 Å². The first kappa shape index (κ1) is 19.5. The van der Waals surface area contributed by atoms with Gasteiger partial charge >= 0.3 is 0 Å². The van der Waals surface area contributed by atoms with Gasteiger partial charge in [-0.05, 0) is 64.2 Å². The van der Waals surface area contributed by atoms with Gasteiger partial charge in [0.05, 0.1) is 23.2 Å². The van der Waals surface area contributed by atoms with Crippen LogP contribution in [0.3, 0.4) is 0 Å². The predicted molar refractivity (Wildman–Crippen MR) is 104 cm³/mol. The normalized spacial score (nSPS) is 11.5. The number of aryl methyl sites for hydroxylation is 1. The molecule has 0 fully saturated rings. The van der Waals surface area contributed by atoms with E-state index in [2.05, 4.69) is 54.4 Å². The summed E-state index contributed by atoms with van der Waals surface area (Å²) in [5, 5.41) is 7.86. The Balaban J connectivity index is 2.13. The number of nitrogens with zero attached hydrogens (tertiary/aromatic N) is 3. The first-order valence-electron chi connectivity index (χ1n) is 9.23. The highest BCUT2D eigenvalue weighted by Crippen LogP contribution is 2.20. The molecule has 2 rings (SSSR count). The molecule has 1 heterocycles. The van der Waals surface area contributed by atoms with Crippen LogP contribution in [0, 0.1) is 6.92 Å². The number of benzene rings is 1. The molecule has 0 unspecified atom stereocenters. The molecule has 5 heteroatoms. The van der Waals surface area contributed by atoms with Gasteiger partial charge in [0.1, 0.15) is 5.75 Å². The van der Waals surface area contributed by atoms with Gasteiger partial charge in [-0.2, -0.15) is 5.10 Å². The Bertz CT molecular complexity index is 632. The Kier molecular flexibility index (Phi) is 7.47. The zero-order chi connectivity index (χ0) is 18.2. The van der Waals surface area contributed by atoms with Crippen molar-refractivity contribution in [2.45, 2.75) is 46.3 Å². The van der Waals surface area contributed by atoms with Crippen LogP contribution in [0.5, 0.6) is 5.75 Å². The molecule has 1 aromatic heterocycles. The van der Waals surface area contributed by atoms with E-state index in [0.717, 1.165) is 49.6 Å². The molecule has 25 heavy (non-hydrogen) atoms. The molecular weight excluding hydrogens is 312 g/mol. The van der Waals surface area contributed by atoms with E-state index in [1.807, 2.05) is 30.8 Å². The predicted octanol–water partition coefficient (Wildman–Crippen LogP) is 3.40. The molecular formula is C20H32N4O. The topological polar surface area (TPSA) is 42.3 Å². The summed E-state index contributed by atoms with van der Waals surface area (Å²) < 4.78 is 8.04. The average molecular weight is 345 g/mol. The molecule has 0 spiro atoms. The number of hydrogen-bond donors (Lipinski definition) is 1. The highest BCUT2D eigenvalue weighted by atomic mass is 16.5. The number of hydrogen-bond acceptors (Lipinski definition) is 4. The van der Waals surface area contributed by atoms with Crippen LogP contribution >= 0.6 is 0 Å². The summed E-state index contributed by atoms with van der Waals surface area (Å²) >= 11 is 0. The molecule has 138 valence electrons. The van der Waals surface area contributed by atoms with Crippen LogP contribution in [0.15, 0.2) is 30.3 Å². The van der Waals surface area contributed by atoms with Crippen LogP contribution in [0.2, 0.25) is 0 Å². The van der Waals surface area contributed by atoms with E-state index in [0.29, 0.717) is 0 Å². The number of nitrogens with one attached hydrogen (secondary N) is 1. The molecule has 0 radical (unpaired) electrons. The molecule has 0 atom stereocenters. The number of aromatic nitrogens is 2. The molecule has 0 aliphatic heterocycles. The van der Waals surface area contributed by atoms with Crippen molar-refractivity contribution in [3.63, 3.8) is 0 Å². The summed E-state index contributed by atoms with van der Waals surface area (Å²) in [6, 6.07) is 10.4. The van der Waals surface area contributed by atoms with E-state index in [4.69, 9.17) is 4.74 Å². The third-order valence-corrected chi connectivity index (χ3v) is 4.38. The van der Waals surface area contributed by atoms with Gasteiger partial charge < -0.3 is 10.1 Å². The van der Waals surface area contributed by atoms with Crippen molar-refractivity contribution >= 4 is 0 Å². The average Bonchev–Trinajstić information content (AvgIpc) is 2.98. The van der Waals surface area contributed by atoms with Gasteiger partial charge in [0.2, 0.25) is 0 Å². The molecule has 2 aromatic rings. The lowest BCUT2D eigenvalue weighted by molar-refractivity contribution is 0.193. The number of likely N-dealkylation sites (N-methyl/N-ethyl adjacent to an activating group) is 2. The highest BCUT2D eigenvalue weighted by molar-refractivity contribution is 5.38. The van der Waals surface area contributed by atoms with Crippen LogP contribution in [0.1, 0.15) is 38.1 Å². The summed E-state index contributed by atoms with van der Waals surface area (Å²) in [5.41, 5.74) is 3.31. The molecule has 0 bridgehead atoms. The Morgan fingerprint density at radius 1 is 1.20 bits per heavy atom. The van der Waals surface area contributed by atoms with E-state index in [1.165, 1.54) is 5.69 Å². The summed E-state index contributed by atoms with van der Waals surface area (Å²) in [6.07, 6.45) is 2.34. The Hall–Kier alpha value is -1.85. The van der Waals surface area contributed by atoms with Gasteiger partial charge in [-0.1, -0.05) is 13.8 Å². The second kappa shape index (κ2) is 9.59. The molecule has 0 aliphatic carbocycles. The Morgan fingerprint density at radius 2 is 1.88 bits per heavy atom. The minimum absolute atomic E-state index is 0.286. The van der Waals surface area contributed by atoms with E-state index in [9.17, 15) is 0 Å². The fraction of sp³-hybridized carbons (Fsp3) is 0.550. The number of rotatable bonds is 10. The fourth-order valence-corrected chi connectivity index (χ4v) is 2.86. The van der Waals surface area contributed by atoms with E-state index < -0.39 is 0 Å². The lowest BCUT2D eigenvalue weighted by Crippen LogP contribution is -2.27. The maximum Gasteiger partial charge on any atom is 0.119 e. The largest absolute Gasteiger partial charge is 0.490 e. The van der Waals surface area contributed by atoms with E-state index in [1.54, 1.807) is 0 Å². The zero-order valence-electron chi connectivity index (χ0n) is 16.2. The van der Waals surface area contributed by atoms with Gasteiger partial charge in [-0.15, -0.1) is 0 Å². The van der Waals surface area contributed by atoms with Crippen molar-refractivity contribution in [2.24, 2.45) is 0 Å². The van der Waals surface area contributed by atoms with Gasteiger partial charge in [0.15, 0.2) is 0 Å². The standard InChI is InChI=1S/C20H32N4O/c1-6-19(7-2)25-20-10-8-17(9-11-20)24-18(14-16(3)22-24)15-23(5)13-12-21-4/h8-11,14,19,21H,6-7,12-13,15H2,1-5H3. The van der Waals surface area contributed by atoms with Crippen molar-refractivity contribution < 1.29 is 4.74 Å². The fourth-order valence-electron chi connectivity index (χ4n) is 2.86. The molecule has 0 aliphatic rings. The minimum atomic E-state index is 0.286. The lowest BCUT2D eigenvalue weighted by atomic mass is 10.2. The lowest BCUT2D eigenvalue weighted by Gasteiger charge is -2.18. The molecule has 5 nitrogen and oxygen atoms in total. The number of ether oxygens (including phenoxy) is 1. The second-order valence-electron chi connectivity index (χ2n) is 6.58. The maximum atomic E-state index is 6.00. The highest BCUT2D eigenvalue weighted by Gasteiger charge is 2.11. The van der Waals surface area contributed by atoms with Crippen molar-refractivity contribution in [1.82, 2.24) is 20.0 Å². The first-order valence-corrected chi connectivity index (χ1v) is 9.23. The van der Waals surface area contributed by atoms with Crippen LogP contribution < -0.4 is 10.1 Å². The molecule has 0 amide bonds. The van der Waals surface area contributed by atoms with Crippen LogP contribution in [-0.2, 0) is 6.54 Å². The first-order chi connectivity index (χ1) is 12.1. The third kappa shape index (κ3) is 5.58. The van der Waals surface area contributed by atoms with Crippen LogP contribution in [-0.4, -0.2) is 48.0 Å². The zero-order valence-corrected chi connectivity index (χ0v) is 16.2. The smallest absolute Gasteiger partial charge is 0.119 e. The molecule has 1 aromatic carbocycles. The van der Waals surface area contributed by atoms with Gasteiger partial charge in [-0.25, -0.2) is 4.68 Å². The summed E-state index contributed by atoms with van der Waals surface area (Å²) in [4.78, 5) is 2.30. The maximum absolute atomic E-state index is 6.00. The monoisotopic (exact) mass is 344 g/mol. The molecule has 1 N–H and O–H groups in total. The van der Waals surface area contributed by atoms with Gasteiger partial charge in [-0.3, -0.25) is 4.90 Å². The molecule has 0 saturated heterocycles.